The van der Waals surface area contributed by atoms with E-state index >= 15 is 0 Å². The summed E-state index contributed by atoms with van der Waals surface area (Å²) < 4.78 is 67.5. The number of hydrogen-bond donors (Lipinski definition) is 0. The van der Waals surface area contributed by atoms with Crippen LogP contribution < -0.4 is 0 Å². The van der Waals surface area contributed by atoms with Crippen molar-refractivity contribution in [2.75, 3.05) is 0 Å². The molecule has 0 atom stereocenters. The summed E-state index contributed by atoms with van der Waals surface area (Å²) in [5.41, 5.74) is 2.06. The van der Waals surface area contributed by atoms with Crippen LogP contribution >= 0.6 is 0 Å². The molecule has 2 rings (SSSR count). The Morgan fingerprint density at radius 2 is 0.850 bits per heavy atom. The Labute approximate surface area is 113 Å². The van der Waals surface area contributed by atoms with Gasteiger partial charge < -0.3 is 0 Å². The molecule has 1 aromatic rings. The molecule has 108 valence electrons. The minimum Gasteiger partial charge on any atom is -0.203 e. The second-order valence-corrected chi connectivity index (χ2v) is 5.03. The van der Waals surface area contributed by atoms with Crippen LogP contribution in [0.3, 0.4) is 0 Å². The van der Waals surface area contributed by atoms with Crippen molar-refractivity contribution in [2.24, 2.45) is 0 Å². The molecule has 0 aromatic heterocycles. The van der Waals surface area contributed by atoms with Gasteiger partial charge in [-0.2, -0.15) is 0 Å². The summed E-state index contributed by atoms with van der Waals surface area (Å²) in [6.45, 7) is 6.80. The van der Waals surface area contributed by atoms with E-state index in [0.717, 1.165) is 11.1 Å². The predicted molar refractivity (Wildman–Crippen MR) is 65.7 cm³/mol. The Balaban J connectivity index is 2.80. The molecule has 5 heteroatoms. The van der Waals surface area contributed by atoms with Crippen molar-refractivity contribution in [3.05, 3.63) is 56.9 Å². The van der Waals surface area contributed by atoms with Crippen molar-refractivity contribution in [2.45, 2.75) is 33.6 Å². The summed E-state index contributed by atoms with van der Waals surface area (Å²) in [5, 5.41) is 0. The molecule has 0 amide bonds. The van der Waals surface area contributed by atoms with Gasteiger partial charge in [-0.25, -0.2) is 22.0 Å². The van der Waals surface area contributed by atoms with E-state index in [9.17, 15) is 22.0 Å². The highest BCUT2D eigenvalue weighted by molar-refractivity contribution is 5.54. The third kappa shape index (κ3) is 1.79. The van der Waals surface area contributed by atoms with Gasteiger partial charge in [0, 0.05) is 11.5 Å². The minimum atomic E-state index is -2.13. The first kappa shape index (κ1) is 14.8. The van der Waals surface area contributed by atoms with E-state index in [0.29, 0.717) is 11.1 Å². The lowest BCUT2D eigenvalue weighted by Crippen LogP contribution is -2.12. The lowest BCUT2D eigenvalue weighted by atomic mass is 9.88. The van der Waals surface area contributed by atoms with Gasteiger partial charge in [-0.3, -0.25) is 0 Å². The third-order valence-electron chi connectivity index (χ3n) is 4.14. The lowest BCUT2D eigenvalue weighted by Gasteiger charge is -2.18. The summed E-state index contributed by atoms with van der Waals surface area (Å²) in [4.78, 5) is 0. The number of allylic oxidation sites excluding steroid dienone is 4. The maximum Gasteiger partial charge on any atom is 0.200 e. The van der Waals surface area contributed by atoms with Crippen LogP contribution in [0.2, 0.25) is 0 Å². The Kier molecular flexibility index (Phi) is 3.48. The van der Waals surface area contributed by atoms with Crippen LogP contribution in [0.25, 0.3) is 0 Å². The van der Waals surface area contributed by atoms with E-state index in [1.165, 1.54) is 0 Å². The summed E-state index contributed by atoms with van der Waals surface area (Å²) >= 11 is 0. The molecule has 0 fully saturated rings. The molecule has 1 aliphatic carbocycles. The zero-order valence-corrected chi connectivity index (χ0v) is 11.5. The zero-order valence-electron chi connectivity index (χ0n) is 11.5. The van der Waals surface area contributed by atoms with E-state index in [1.807, 2.05) is 0 Å². The number of rotatable bonds is 1. The molecule has 0 spiro atoms. The Morgan fingerprint density at radius 1 is 0.550 bits per heavy atom. The summed E-state index contributed by atoms with van der Waals surface area (Å²) in [6, 6.07) is 0. The fourth-order valence-electron chi connectivity index (χ4n) is 2.66. The Bertz CT molecular complexity index is 614. The van der Waals surface area contributed by atoms with Crippen molar-refractivity contribution in [3.8, 4) is 0 Å². The van der Waals surface area contributed by atoms with Gasteiger partial charge in [-0.1, -0.05) is 11.1 Å². The van der Waals surface area contributed by atoms with Gasteiger partial charge in [0.25, 0.3) is 0 Å². The van der Waals surface area contributed by atoms with Crippen LogP contribution in [0.4, 0.5) is 22.0 Å². The fourth-order valence-corrected chi connectivity index (χ4v) is 2.66. The smallest absolute Gasteiger partial charge is 0.200 e. The molecule has 0 unspecified atom stereocenters. The maximum absolute atomic E-state index is 13.9. The molecule has 0 saturated carbocycles. The highest BCUT2D eigenvalue weighted by atomic mass is 19.2. The molecule has 20 heavy (non-hydrogen) atoms. The summed E-state index contributed by atoms with van der Waals surface area (Å²) in [6.07, 6.45) is 0. The number of halogens is 5. The molecule has 1 aromatic carbocycles. The second kappa shape index (κ2) is 4.72. The van der Waals surface area contributed by atoms with Crippen LogP contribution in [0.15, 0.2) is 22.3 Å². The van der Waals surface area contributed by atoms with Crippen molar-refractivity contribution in [3.63, 3.8) is 0 Å². The van der Waals surface area contributed by atoms with Crippen LogP contribution in [0.5, 0.6) is 0 Å². The first-order valence-corrected chi connectivity index (χ1v) is 6.06. The zero-order chi connectivity index (χ0) is 15.4. The van der Waals surface area contributed by atoms with Crippen LogP contribution in [0.1, 0.15) is 39.2 Å². The Morgan fingerprint density at radius 3 is 1.20 bits per heavy atom. The third-order valence-corrected chi connectivity index (χ3v) is 4.14. The molecule has 0 nitrogen and oxygen atoms in total. The largest absolute Gasteiger partial charge is 0.203 e. The van der Waals surface area contributed by atoms with Gasteiger partial charge in [-0.15, -0.1) is 0 Å². The molecule has 0 bridgehead atoms. The minimum absolute atomic E-state index is 0.600. The van der Waals surface area contributed by atoms with Crippen molar-refractivity contribution in [1.82, 2.24) is 0 Å². The highest BCUT2D eigenvalue weighted by Crippen LogP contribution is 2.45. The molecule has 0 radical (unpaired) electrons. The second-order valence-electron chi connectivity index (χ2n) is 5.03. The molecular weight excluding hydrogens is 275 g/mol. The van der Waals surface area contributed by atoms with E-state index in [-0.39, 0.29) is 0 Å². The molecular formula is C15H13F5. The number of benzene rings is 1. The molecule has 0 heterocycles. The van der Waals surface area contributed by atoms with Crippen molar-refractivity contribution in [1.29, 1.82) is 0 Å². The Hall–Kier alpha value is -1.65. The van der Waals surface area contributed by atoms with Gasteiger partial charge >= 0.3 is 0 Å². The van der Waals surface area contributed by atoms with Gasteiger partial charge in [0.05, 0.1) is 0 Å². The standard InChI is InChI=1S/C15H13F5/c1-5-6(2)8(4)9(7(5)3)10-11(16)13(18)15(20)14(19)12(10)17/h9H,1-4H3. The quantitative estimate of drug-likeness (QED) is 0.381. The predicted octanol–water partition coefficient (Wildman–Crippen LogP) is 5.15. The van der Waals surface area contributed by atoms with Gasteiger partial charge in [0.1, 0.15) is 0 Å². The average molecular weight is 288 g/mol. The van der Waals surface area contributed by atoms with E-state index in [1.54, 1.807) is 27.7 Å². The summed E-state index contributed by atoms with van der Waals surface area (Å²) in [7, 11) is 0. The van der Waals surface area contributed by atoms with Gasteiger partial charge in [0.2, 0.25) is 5.82 Å². The normalized spacial score (nSPS) is 16.6. The highest BCUT2D eigenvalue weighted by Gasteiger charge is 2.35. The lowest BCUT2D eigenvalue weighted by molar-refractivity contribution is 0.368. The fraction of sp³-hybridized carbons (Fsp3) is 0.333. The van der Waals surface area contributed by atoms with Crippen LogP contribution in [-0.4, -0.2) is 0 Å². The maximum atomic E-state index is 13.9. The SMILES string of the molecule is CC1=C(C)C(c2c(F)c(F)c(F)c(F)c2F)C(C)=C1C. The average Bonchev–Trinajstić information content (AvgIpc) is 2.61. The first-order chi connectivity index (χ1) is 9.20. The summed E-state index contributed by atoms with van der Waals surface area (Å²) in [5.74, 6) is -10.3. The van der Waals surface area contributed by atoms with Crippen LogP contribution in [0, 0.1) is 29.1 Å². The van der Waals surface area contributed by atoms with E-state index < -0.39 is 40.6 Å². The topological polar surface area (TPSA) is 0 Å². The van der Waals surface area contributed by atoms with E-state index in [4.69, 9.17) is 0 Å². The molecule has 1 aliphatic rings. The van der Waals surface area contributed by atoms with Gasteiger partial charge in [-0.05, 0) is 38.8 Å². The number of hydrogen-bond acceptors (Lipinski definition) is 0. The molecule has 0 saturated heterocycles. The van der Waals surface area contributed by atoms with Crippen LogP contribution in [-0.2, 0) is 0 Å². The van der Waals surface area contributed by atoms with Crippen molar-refractivity contribution < 1.29 is 22.0 Å². The van der Waals surface area contributed by atoms with Gasteiger partial charge in [0.15, 0.2) is 23.3 Å². The monoisotopic (exact) mass is 288 g/mol. The van der Waals surface area contributed by atoms with E-state index in [2.05, 4.69) is 0 Å². The first-order valence-electron chi connectivity index (χ1n) is 6.06. The van der Waals surface area contributed by atoms with Crippen molar-refractivity contribution >= 4 is 0 Å². The molecule has 0 N–H and O–H groups in total. The molecule has 0 aliphatic heterocycles.